The van der Waals surface area contributed by atoms with Gasteiger partial charge in [0.05, 0.1) is 21.9 Å². The van der Waals surface area contributed by atoms with E-state index in [0.717, 1.165) is 14.5 Å². The number of phenols is 1. The Labute approximate surface area is 283 Å². The summed E-state index contributed by atoms with van der Waals surface area (Å²) < 4.78 is 21.0. The van der Waals surface area contributed by atoms with E-state index in [1.165, 1.54) is 14.9 Å². The van der Waals surface area contributed by atoms with Gasteiger partial charge in [0.2, 0.25) is 5.89 Å². The Kier molecular flexibility index (Phi) is 8.91. The Morgan fingerprint density at radius 2 is 1.52 bits per heavy atom. The molecule has 1 N–H and O–H groups in total. The largest absolute Gasteiger partial charge is 0.506 e. The highest BCUT2D eigenvalue weighted by atomic mass is 127. The van der Waals surface area contributed by atoms with Crippen molar-refractivity contribution in [1.82, 2.24) is 9.55 Å². The number of carbonyl (C=O) groups is 1. The number of benzene rings is 4. The summed E-state index contributed by atoms with van der Waals surface area (Å²) in [5, 5.41) is 13.9. The summed E-state index contributed by atoms with van der Waals surface area (Å²) in [7, 11) is -2.82. The van der Waals surface area contributed by atoms with Crippen molar-refractivity contribution in [2.45, 2.75) is 39.3 Å². The molecule has 0 bridgehead atoms. The smallest absolute Gasteiger partial charge is 0.418 e. The van der Waals surface area contributed by atoms with E-state index in [4.69, 9.17) is 13.6 Å². The maximum Gasteiger partial charge on any atom is 0.418 e. The molecule has 0 amide bonds. The molecule has 0 saturated carbocycles. The number of phenolic OH excluding ortho intramolecular Hbond substituents is 1. The standard InChI is InChI=1S/C37H35IN2O5Si/c1-5-43-36(42)40-23-29(34-27(18-13-21-31(34)40)28-19-12-20-30(38)35(28)41)32-22-39-33(45-32)24-44-46(37(2,3)4,25-14-8-6-9-15-25)26-16-10-7-11-17-26/h6-23,41H,5,24H2,1-4H3. The molecule has 0 saturated heterocycles. The second kappa shape index (κ2) is 12.9. The molecule has 7 nitrogen and oxygen atoms in total. The molecule has 0 aliphatic heterocycles. The third-order valence-electron chi connectivity index (χ3n) is 8.22. The average Bonchev–Trinajstić information content (AvgIpc) is 3.68. The second-order valence-corrected chi connectivity index (χ2v) is 17.5. The molecule has 9 heteroatoms. The van der Waals surface area contributed by atoms with E-state index in [-0.39, 0.29) is 24.0 Å². The molecule has 2 aromatic heterocycles. The lowest BCUT2D eigenvalue weighted by molar-refractivity contribution is 0.155. The number of oxazole rings is 1. The summed E-state index contributed by atoms with van der Waals surface area (Å²) in [4.78, 5) is 17.7. The van der Waals surface area contributed by atoms with E-state index in [1.54, 1.807) is 19.3 Å². The number of halogens is 1. The molecule has 46 heavy (non-hydrogen) atoms. The van der Waals surface area contributed by atoms with Gasteiger partial charge in [-0.25, -0.2) is 9.78 Å². The maximum absolute atomic E-state index is 13.1. The molecule has 0 aliphatic rings. The maximum atomic E-state index is 13.1. The van der Waals surface area contributed by atoms with Crippen LogP contribution < -0.4 is 10.4 Å². The molecule has 0 atom stereocenters. The van der Waals surface area contributed by atoms with Crippen LogP contribution >= 0.6 is 22.6 Å². The Morgan fingerprint density at radius 1 is 0.891 bits per heavy atom. The van der Waals surface area contributed by atoms with E-state index < -0.39 is 14.4 Å². The normalized spacial score (nSPS) is 12.0. The predicted molar refractivity (Wildman–Crippen MR) is 192 cm³/mol. The van der Waals surface area contributed by atoms with Crippen molar-refractivity contribution in [2.75, 3.05) is 6.61 Å². The van der Waals surface area contributed by atoms with Gasteiger partial charge < -0.3 is 18.7 Å². The number of rotatable bonds is 8. The molecule has 0 aliphatic carbocycles. The fourth-order valence-corrected chi connectivity index (χ4v) is 11.2. The first-order valence-electron chi connectivity index (χ1n) is 15.1. The van der Waals surface area contributed by atoms with E-state index in [9.17, 15) is 9.90 Å². The quantitative estimate of drug-likeness (QED) is 0.125. The van der Waals surface area contributed by atoms with Crippen molar-refractivity contribution >= 4 is 58.3 Å². The molecule has 234 valence electrons. The molecular weight excluding hydrogens is 707 g/mol. The molecule has 0 radical (unpaired) electrons. The predicted octanol–water partition coefficient (Wildman–Crippen LogP) is 8.35. The lowest BCUT2D eigenvalue weighted by Crippen LogP contribution is -2.66. The fourth-order valence-electron chi connectivity index (χ4n) is 6.21. The number of ether oxygens (including phenoxy) is 1. The second-order valence-electron chi connectivity index (χ2n) is 12.0. The minimum Gasteiger partial charge on any atom is -0.506 e. The van der Waals surface area contributed by atoms with Crippen molar-refractivity contribution in [1.29, 1.82) is 0 Å². The third kappa shape index (κ3) is 5.67. The highest BCUT2D eigenvalue weighted by molar-refractivity contribution is 14.1. The number of fused-ring (bicyclic) bond motifs is 1. The molecule has 4 aromatic carbocycles. The SMILES string of the molecule is CCOC(=O)n1cc(-c2cnc(CO[Si](c3ccccc3)(c3ccccc3)C(C)(C)C)o2)c2c(-c3cccc(I)c3O)cccc21. The van der Waals surface area contributed by atoms with Gasteiger partial charge in [0.15, 0.2) is 5.76 Å². The first-order chi connectivity index (χ1) is 22.2. The van der Waals surface area contributed by atoms with Crippen LogP contribution in [0.15, 0.2) is 114 Å². The van der Waals surface area contributed by atoms with Gasteiger partial charge in [-0.3, -0.25) is 4.57 Å². The van der Waals surface area contributed by atoms with Gasteiger partial charge in [-0.2, -0.15) is 0 Å². The van der Waals surface area contributed by atoms with Crippen molar-refractivity contribution in [2.24, 2.45) is 0 Å². The van der Waals surface area contributed by atoms with E-state index >= 15 is 0 Å². The monoisotopic (exact) mass is 742 g/mol. The van der Waals surface area contributed by atoms with E-state index in [2.05, 4.69) is 96.9 Å². The summed E-state index contributed by atoms with van der Waals surface area (Å²) in [6.45, 7) is 8.85. The van der Waals surface area contributed by atoms with Crippen molar-refractivity contribution in [3.63, 3.8) is 0 Å². The van der Waals surface area contributed by atoms with Crippen LogP contribution in [0.3, 0.4) is 0 Å². The summed E-state index contributed by atoms with van der Waals surface area (Å²) in [5.74, 6) is 1.07. The van der Waals surface area contributed by atoms with Crippen LogP contribution in [0.1, 0.15) is 33.6 Å². The molecule has 0 fully saturated rings. The average molecular weight is 743 g/mol. The van der Waals surface area contributed by atoms with Crippen LogP contribution in [0.4, 0.5) is 4.79 Å². The molecule has 6 aromatic rings. The number of hydrogen-bond donors (Lipinski definition) is 1. The van der Waals surface area contributed by atoms with Crippen LogP contribution in [0.25, 0.3) is 33.4 Å². The van der Waals surface area contributed by atoms with Gasteiger partial charge in [0.1, 0.15) is 12.4 Å². The number of aromatic hydroxyl groups is 1. The van der Waals surface area contributed by atoms with Crippen LogP contribution in [0.2, 0.25) is 5.04 Å². The zero-order valence-electron chi connectivity index (χ0n) is 26.2. The Balaban J connectivity index is 1.45. The minimum absolute atomic E-state index is 0.161. The molecular formula is C37H35IN2O5Si. The van der Waals surface area contributed by atoms with Gasteiger partial charge in [0, 0.05) is 22.7 Å². The third-order valence-corrected chi connectivity index (χ3v) is 14.1. The van der Waals surface area contributed by atoms with E-state index in [0.29, 0.717) is 28.3 Å². The van der Waals surface area contributed by atoms with Crippen LogP contribution in [-0.4, -0.2) is 35.7 Å². The highest BCUT2D eigenvalue weighted by Gasteiger charge is 2.50. The lowest BCUT2D eigenvalue weighted by atomic mass is 9.98. The van der Waals surface area contributed by atoms with Gasteiger partial charge >= 0.3 is 6.09 Å². The summed E-state index contributed by atoms with van der Waals surface area (Å²) >= 11 is 2.11. The minimum atomic E-state index is -2.82. The van der Waals surface area contributed by atoms with E-state index in [1.807, 2.05) is 48.5 Å². The Hall–Kier alpha value is -4.19. The summed E-state index contributed by atoms with van der Waals surface area (Å²) in [6.07, 6.45) is 2.88. The highest BCUT2D eigenvalue weighted by Crippen LogP contribution is 2.42. The number of hydrogen-bond acceptors (Lipinski definition) is 6. The Morgan fingerprint density at radius 3 is 2.15 bits per heavy atom. The van der Waals surface area contributed by atoms with Gasteiger partial charge in [-0.05, 0) is 62.6 Å². The zero-order chi connectivity index (χ0) is 32.5. The van der Waals surface area contributed by atoms with Crippen molar-refractivity contribution in [3.8, 4) is 28.2 Å². The first kappa shape index (κ1) is 31.8. The van der Waals surface area contributed by atoms with Crippen molar-refractivity contribution < 1.29 is 23.5 Å². The molecule has 6 rings (SSSR count). The Bertz CT molecular complexity index is 1960. The van der Waals surface area contributed by atoms with Crippen LogP contribution in [0.5, 0.6) is 5.75 Å². The molecule has 0 unspecified atom stereocenters. The number of para-hydroxylation sites is 1. The number of carbonyl (C=O) groups excluding carboxylic acids is 1. The molecule has 0 spiro atoms. The number of nitrogens with zero attached hydrogens (tertiary/aromatic N) is 2. The fraction of sp³-hybridized carbons (Fsp3) is 0.189. The lowest BCUT2D eigenvalue weighted by Gasteiger charge is -2.42. The number of aromatic nitrogens is 2. The van der Waals surface area contributed by atoms with Gasteiger partial charge in [0.25, 0.3) is 8.32 Å². The van der Waals surface area contributed by atoms with Crippen LogP contribution in [0, 0.1) is 3.57 Å². The topological polar surface area (TPSA) is 86.7 Å². The van der Waals surface area contributed by atoms with Gasteiger partial charge in [-0.1, -0.05) is 106 Å². The van der Waals surface area contributed by atoms with Gasteiger partial charge in [-0.15, -0.1) is 0 Å². The summed E-state index contributed by atoms with van der Waals surface area (Å²) in [5.41, 5.74) is 2.69. The summed E-state index contributed by atoms with van der Waals surface area (Å²) in [6, 6.07) is 32.1. The molecule has 2 heterocycles. The zero-order valence-corrected chi connectivity index (χ0v) is 29.3. The van der Waals surface area contributed by atoms with Crippen molar-refractivity contribution in [3.05, 3.63) is 119 Å². The first-order valence-corrected chi connectivity index (χ1v) is 18.1. The van der Waals surface area contributed by atoms with Crippen LogP contribution in [-0.2, 0) is 15.8 Å².